The summed E-state index contributed by atoms with van der Waals surface area (Å²) in [5.74, 6) is -1.48. The Morgan fingerprint density at radius 3 is 2.56 bits per heavy atom. The number of halogens is 1. The molecule has 1 aromatic carbocycles. The van der Waals surface area contributed by atoms with Crippen LogP contribution in [0, 0.1) is 0 Å². The van der Waals surface area contributed by atoms with Gasteiger partial charge in [-0.25, -0.2) is 9.59 Å². The van der Waals surface area contributed by atoms with Gasteiger partial charge in [-0.3, -0.25) is 4.79 Å². The Morgan fingerprint density at radius 1 is 1.28 bits per heavy atom. The first-order valence-corrected chi connectivity index (χ1v) is 8.39. The van der Waals surface area contributed by atoms with E-state index in [1.165, 1.54) is 17.0 Å². The Balaban J connectivity index is 2.20. The number of aliphatic carboxylic acids is 1. The Hall–Kier alpha value is -2.28. The van der Waals surface area contributed by atoms with Crippen molar-refractivity contribution < 1.29 is 19.5 Å². The van der Waals surface area contributed by atoms with Crippen molar-refractivity contribution in [3.63, 3.8) is 0 Å². The van der Waals surface area contributed by atoms with Crippen LogP contribution in [0.1, 0.15) is 44.0 Å². The molecule has 0 bridgehead atoms. The van der Waals surface area contributed by atoms with E-state index >= 15 is 0 Å². The normalized spacial score (nSPS) is 17.3. The number of carbonyl (C=O) groups excluding carboxylic acids is 2. The van der Waals surface area contributed by atoms with Gasteiger partial charge in [-0.1, -0.05) is 11.6 Å². The molecule has 1 aliphatic rings. The largest absolute Gasteiger partial charge is 0.480 e. The molecule has 3 amide bonds. The summed E-state index contributed by atoms with van der Waals surface area (Å²) in [6.45, 7) is 5.92. The highest BCUT2D eigenvalue weighted by atomic mass is 35.5. The summed E-state index contributed by atoms with van der Waals surface area (Å²) in [6.07, 6.45) is 1.05. The second-order valence-corrected chi connectivity index (χ2v) is 7.43. The molecule has 1 aliphatic heterocycles. The molecular weight excluding hydrogens is 346 g/mol. The van der Waals surface area contributed by atoms with Gasteiger partial charge in [-0.05, 0) is 51.8 Å². The molecule has 136 valence electrons. The maximum Gasteiger partial charge on any atom is 0.326 e. The van der Waals surface area contributed by atoms with Crippen LogP contribution in [0.3, 0.4) is 0 Å². The molecular formula is C17H22ClN3O4. The van der Waals surface area contributed by atoms with Gasteiger partial charge >= 0.3 is 12.0 Å². The number of benzene rings is 1. The summed E-state index contributed by atoms with van der Waals surface area (Å²) in [7, 11) is 0. The number of carbonyl (C=O) groups is 3. The Morgan fingerprint density at radius 2 is 1.96 bits per heavy atom. The Bertz CT molecular complexity index is 700. The fourth-order valence-electron chi connectivity index (χ4n) is 2.69. The fourth-order valence-corrected chi connectivity index (χ4v) is 2.89. The van der Waals surface area contributed by atoms with Crippen molar-refractivity contribution in [1.29, 1.82) is 0 Å². The third-order valence-corrected chi connectivity index (χ3v) is 4.07. The van der Waals surface area contributed by atoms with Gasteiger partial charge in [-0.2, -0.15) is 0 Å². The highest BCUT2D eigenvalue weighted by molar-refractivity contribution is 6.34. The van der Waals surface area contributed by atoms with Crippen LogP contribution in [0.4, 0.5) is 10.5 Å². The molecule has 0 saturated carbocycles. The third kappa shape index (κ3) is 4.85. The zero-order valence-electron chi connectivity index (χ0n) is 14.4. The van der Waals surface area contributed by atoms with Crippen LogP contribution in [0.2, 0.25) is 5.02 Å². The van der Waals surface area contributed by atoms with E-state index in [1.807, 2.05) is 20.8 Å². The molecule has 0 aromatic heterocycles. The number of urea groups is 1. The van der Waals surface area contributed by atoms with Crippen LogP contribution >= 0.6 is 11.6 Å². The number of hydrogen-bond acceptors (Lipinski definition) is 3. The van der Waals surface area contributed by atoms with Crippen LogP contribution in [0.25, 0.3) is 0 Å². The summed E-state index contributed by atoms with van der Waals surface area (Å²) in [5, 5.41) is 14.9. The number of amides is 3. The topological polar surface area (TPSA) is 98.7 Å². The zero-order valence-corrected chi connectivity index (χ0v) is 15.2. The highest BCUT2D eigenvalue weighted by Gasteiger charge is 2.35. The number of anilines is 1. The van der Waals surface area contributed by atoms with E-state index in [1.54, 1.807) is 6.07 Å². The van der Waals surface area contributed by atoms with Gasteiger partial charge < -0.3 is 20.6 Å². The lowest BCUT2D eigenvalue weighted by atomic mass is 10.1. The van der Waals surface area contributed by atoms with E-state index in [9.17, 15) is 19.5 Å². The fraction of sp³-hybridized carbons (Fsp3) is 0.471. The van der Waals surface area contributed by atoms with Crippen molar-refractivity contribution in [3.05, 3.63) is 28.8 Å². The number of rotatable bonds is 3. The molecule has 0 aliphatic carbocycles. The number of nitrogens with one attached hydrogen (secondary N) is 2. The van der Waals surface area contributed by atoms with Gasteiger partial charge in [0, 0.05) is 17.8 Å². The minimum absolute atomic E-state index is 0.170. The van der Waals surface area contributed by atoms with E-state index in [0.29, 0.717) is 25.1 Å². The van der Waals surface area contributed by atoms with Crippen molar-refractivity contribution in [3.8, 4) is 0 Å². The molecule has 0 radical (unpaired) electrons. The molecule has 1 aromatic rings. The second kappa shape index (κ2) is 7.31. The number of carboxylic acid groups (broad SMARTS) is 1. The van der Waals surface area contributed by atoms with Gasteiger partial charge in [0.15, 0.2) is 0 Å². The van der Waals surface area contributed by atoms with Crippen LogP contribution < -0.4 is 10.6 Å². The quantitative estimate of drug-likeness (QED) is 0.764. The van der Waals surface area contributed by atoms with Gasteiger partial charge in [-0.15, -0.1) is 0 Å². The van der Waals surface area contributed by atoms with E-state index in [4.69, 9.17) is 11.6 Å². The summed E-state index contributed by atoms with van der Waals surface area (Å²) in [6, 6.07) is 3.31. The minimum atomic E-state index is -1.03. The first-order valence-electron chi connectivity index (χ1n) is 8.01. The number of carboxylic acids is 1. The number of likely N-dealkylation sites (tertiary alicyclic amines) is 1. The molecule has 7 nitrogen and oxygen atoms in total. The van der Waals surface area contributed by atoms with Gasteiger partial charge in [0.25, 0.3) is 5.91 Å². The third-order valence-electron chi connectivity index (χ3n) is 3.74. The van der Waals surface area contributed by atoms with E-state index < -0.39 is 29.5 Å². The van der Waals surface area contributed by atoms with Crippen molar-refractivity contribution in [1.82, 2.24) is 10.2 Å². The number of nitrogens with zero attached hydrogens (tertiary/aromatic N) is 1. The molecule has 2 rings (SSSR count). The van der Waals surface area contributed by atoms with Crippen molar-refractivity contribution in [2.24, 2.45) is 0 Å². The standard InChI is InChI=1S/C17H22ClN3O4/c1-17(2,3)20-16(25)19-10-6-7-12(18)11(9-10)14(22)21-8-4-5-13(21)15(23)24/h6-7,9,13H,4-5,8H2,1-3H3,(H,23,24)(H2,19,20,25). The summed E-state index contributed by atoms with van der Waals surface area (Å²) >= 11 is 6.12. The Kier molecular flexibility index (Phi) is 5.57. The zero-order chi connectivity index (χ0) is 18.8. The average Bonchev–Trinajstić information content (AvgIpc) is 2.96. The van der Waals surface area contributed by atoms with Gasteiger partial charge in [0.1, 0.15) is 6.04 Å². The minimum Gasteiger partial charge on any atom is -0.480 e. The van der Waals surface area contributed by atoms with Crippen LogP contribution in [0.5, 0.6) is 0 Å². The van der Waals surface area contributed by atoms with Gasteiger partial charge in [0.2, 0.25) is 0 Å². The summed E-state index contributed by atoms with van der Waals surface area (Å²) in [4.78, 5) is 37.3. The van der Waals surface area contributed by atoms with Crippen molar-refractivity contribution >= 4 is 35.2 Å². The predicted molar refractivity (Wildman–Crippen MR) is 95.1 cm³/mol. The molecule has 0 spiro atoms. The SMILES string of the molecule is CC(C)(C)NC(=O)Nc1ccc(Cl)c(C(=O)N2CCCC2C(=O)O)c1. The smallest absolute Gasteiger partial charge is 0.326 e. The summed E-state index contributed by atoms with van der Waals surface area (Å²) in [5.41, 5.74) is 0.170. The molecule has 3 N–H and O–H groups in total. The lowest BCUT2D eigenvalue weighted by Crippen LogP contribution is -2.43. The monoisotopic (exact) mass is 367 g/mol. The second-order valence-electron chi connectivity index (χ2n) is 7.02. The first kappa shape index (κ1) is 19.1. The molecule has 25 heavy (non-hydrogen) atoms. The van der Waals surface area contributed by atoms with E-state index in [0.717, 1.165) is 0 Å². The molecule has 1 fully saturated rings. The maximum atomic E-state index is 12.7. The number of hydrogen-bond donors (Lipinski definition) is 3. The van der Waals surface area contributed by atoms with Crippen LogP contribution in [-0.4, -0.2) is 46.0 Å². The van der Waals surface area contributed by atoms with Crippen molar-refractivity contribution in [2.75, 3.05) is 11.9 Å². The highest BCUT2D eigenvalue weighted by Crippen LogP contribution is 2.26. The lowest BCUT2D eigenvalue weighted by molar-refractivity contribution is -0.141. The predicted octanol–water partition coefficient (Wildman–Crippen LogP) is 2.95. The lowest BCUT2D eigenvalue weighted by Gasteiger charge is -2.23. The van der Waals surface area contributed by atoms with Crippen LogP contribution in [-0.2, 0) is 4.79 Å². The van der Waals surface area contributed by atoms with E-state index in [-0.39, 0.29) is 10.6 Å². The maximum absolute atomic E-state index is 12.7. The first-order chi connectivity index (χ1) is 11.6. The molecule has 1 unspecified atom stereocenters. The van der Waals surface area contributed by atoms with E-state index in [2.05, 4.69) is 10.6 Å². The Labute approximate surface area is 151 Å². The van der Waals surface area contributed by atoms with Crippen molar-refractivity contribution in [2.45, 2.75) is 45.2 Å². The molecule has 1 saturated heterocycles. The average molecular weight is 368 g/mol. The molecule has 8 heteroatoms. The van der Waals surface area contributed by atoms with Gasteiger partial charge in [0.05, 0.1) is 10.6 Å². The molecule has 1 atom stereocenters. The summed E-state index contributed by atoms with van der Waals surface area (Å²) < 4.78 is 0. The molecule has 1 heterocycles. The van der Waals surface area contributed by atoms with Crippen LogP contribution in [0.15, 0.2) is 18.2 Å².